The molecule has 0 spiro atoms. The Balaban J connectivity index is 1.53. The Bertz CT molecular complexity index is 1530. The summed E-state index contributed by atoms with van der Waals surface area (Å²) in [6, 6.07) is 13.1. The number of nitrogen functional groups attached to an aromatic ring is 1. The summed E-state index contributed by atoms with van der Waals surface area (Å²) in [5.74, 6) is 1.85. The van der Waals surface area contributed by atoms with Gasteiger partial charge in [0.2, 0.25) is 0 Å². The van der Waals surface area contributed by atoms with Crippen LogP contribution in [-0.2, 0) is 15.6 Å². The molecule has 5 rings (SSSR count). The molecule has 0 atom stereocenters. The van der Waals surface area contributed by atoms with Crippen molar-refractivity contribution in [2.75, 3.05) is 22.6 Å². The lowest BCUT2D eigenvalue weighted by atomic mass is 10.0. The van der Waals surface area contributed by atoms with Gasteiger partial charge in [-0.3, -0.25) is 0 Å². The number of pyridine rings is 1. The number of aromatic nitrogens is 4. The maximum absolute atomic E-state index is 12.0. The van der Waals surface area contributed by atoms with Gasteiger partial charge in [0.1, 0.15) is 29.1 Å². The highest BCUT2D eigenvalue weighted by Crippen LogP contribution is 2.42. The molecule has 0 saturated heterocycles. The molecule has 0 aliphatic heterocycles. The summed E-state index contributed by atoms with van der Waals surface area (Å²) in [5, 5.41) is 20.2. The van der Waals surface area contributed by atoms with Crippen LogP contribution >= 0.6 is 0 Å². The average Bonchev–Trinajstić information content (AvgIpc) is 3.53. The topological polar surface area (TPSA) is 151 Å². The normalized spacial score (nSPS) is 13.5. The Hall–Kier alpha value is -4.17. The van der Waals surface area contributed by atoms with Crippen LogP contribution in [0.3, 0.4) is 0 Å². The fourth-order valence-electron chi connectivity index (χ4n) is 3.85. The van der Waals surface area contributed by atoms with Crippen LogP contribution in [0.1, 0.15) is 35.4 Å². The van der Waals surface area contributed by atoms with Crippen molar-refractivity contribution in [2.24, 2.45) is 0 Å². The van der Waals surface area contributed by atoms with E-state index in [9.17, 15) is 13.7 Å². The molecule has 4 aromatic rings. The largest absolute Gasteiger partial charge is 0.384 e. The highest BCUT2D eigenvalue weighted by Gasteiger charge is 2.27. The van der Waals surface area contributed by atoms with E-state index in [2.05, 4.69) is 31.8 Å². The highest BCUT2D eigenvalue weighted by atomic mass is 32.2. The third-order valence-electron chi connectivity index (χ3n) is 5.50. The number of rotatable bonds is 7. The van der Waals surface area contributed by atoms with Crippen LogP contribution in [-0.4, -0.2) is 34.3 Å². The Morgan fingerprint density at radius 3 is 2.62 bits per heavy atom. The molecule has 3 aromatic heterocycles. The molecule has 0 amide bonds. The monoisotopic (exact) mass is 474 g/mol. The summed E-state index contributed by atoms with van der Waals surface area (Å²) < 4.78 is 25.5. The molecular formula is C23H22N8O2S. The van der Waals surface area contributed by atoms with E-state index in [4.69, 9.17) is 5.73 Å². The van der Waals surface area contributed by atoms with E-state index in [-0.39, 0.29) is 5.75 Å². The average molecular weight is 475 g/mol. The molecule has 1 saturated carbocycles. The molecule has 0 bridgehead atoms. The number of nitriles is 1. The lowest BCUT2D eigenvalue weighted by Gasteiger charge is -2.14. The van der Waals surface area contributed by atoms with Crippen LogP contribution in [0.2, 0.25) is 0 Å². The molecule has 1 aliphatic carbocycles. The van der Waals surface area contributed by atoms with Gasteiger partial charge in [0, 0.05) is 18.0 Å². The third kappa shape index (κ3) is 4.62. The summed E-state index contributed by atoms with van der Waals surface area (Å²) in [4.78, 5) is 8.65. The molecule has 1 aromatic carbocycles. The van der Waals surface area contributed by atoms with Crippen molar-refractivity contribution in [2.45, 2.75) is 24.5 Å². The van der Waals surface area contributed by atoms with E-state index >= 15 is 0 Å². The number of nitrogens with two attached hydrogens (primary N) is 1. The number of anilines is 5. The van der Waals surface area contributed by atoms with E-state index in [0.717, 1.165) is 24.0 Å². The second kappa shape index (κ2) is 8.31. The van der Waals surface area contributed by atoms with Crippen LogP contribution in [0.15, 0.2) is 48.8 Å². The van der Waals surface area contributed by atoms with Crippen LogP contribution in [0.5, 0.6) is 0 Å². The van der Waals surface area contributed by atoms with Crippen LogP contribution in [0.4, 0.5) is 28.8 Å². The molecule has 1 aliphatic rings. The van der Waals surface area contributed by atoms with Crippen molar-refractivity contribution in [1.82, 2.24) is 19.6 Å². The Labute approximate surface area is 196 Å². The number of nitrogens with zero attached hydrogens (tertiary/aromatic N) is 5. The van der Waals surface area contributed by atoms with Gasteiger partial charge in [0.05, 0.1) is 23.8 Å². The minimum atomic E-state index is -3.19. The van der Waals surface area contributed by atoms with Gasteiger partial charge in [-0.25, -0.2) is 18.4 Å². The lowest BCUT2D eigenvalue weighted by molar-refractivity contribution is 0.601. The predicted molar refractivity (Wildman–Crippen MR) is 130 cm³/mol. The minimum absolute atomic E-state index is 0.0149. The standard InChI is InChI=1S/C23H22N8O2S/c1-34(32,33)13-15-8-17(4-6-19(15)14-2-3-14)28-21-9-22(29-18-5-7-20(25)26-12-18)31-23(30-21)16(10-24)11-27-31/h4-9,11-12,14,29H,2-3,13H2,1H3,(H2,25,26)(H,28,30). The molecule has 4 N–H and O–H groups in total. The first kappa shape index (κ1) is 21.7. The van der Waals surface area contributed by atoms with E-state index in [1.54, 1.807) is 24.4 Å². The SMILES string of the molecule is CS(=O)(=O)Cc1cc(Nc2cc(Nc3ccc(N)nc3)n3ncc(C#N)c3n2)ccc1C1CC1. The van der Waals surface area contributed by atoms with Crippen LogP contribution in [0, 0.1) is 11.3 Å². The zero-order valence-corrected chi connectivity index (χ0v) is 19.2. The quantitative estimate of drug-likeness (QED) is 0.365. The van der Waals surface area contributed by atoms with Crippen molar-refractivity contribution in [1.29, 1.82) is 5.26 Å². The molecule has 3 heterocycles. The first-order valence-electron chi connectivity index (χ1n) is 10.6. The molecule has 34 heavy (non-hydrogen) atoms. The number of nitrogens with one attached hydrogen (secondary N) is 2. The Kier molecular flexibility index (Phi) is 5.30. The zero-order valence-electron chi connectivity index (χ0n) is 18.4. The fraction of sp³-hybridized carbons (Fsp3) is 0.217. The van der Waals surface area contributed by atoms with Gasteiger partial charge < -0.3 is 16.4 Å². The Morgan fingerprint density at radius 1 is 1.15 bits per heavy atom. The van der Waals surface area contributed by atoms with Crippen molar-refractivity contribution in [3.63, 3.8) is 0 Å². The van der Waals surface area contributed by atoms with Gasteiger partial charge in [-0.05, 0) is 54.2 Å². The second-order valence-electron chi connectivity index (χ2n) is 8.41. The number of benzene rings is 1. The predicted octanol–water partition coefficient (Wildman–Crippen LogP) is 3.49. The summed E-state index contributed by atoms with van der Waals surface area (Å²) in [5.41, 5.74) is 9.65. The van der Waals surface area contributed by atoms with Gasteiger partial charge in [-0.15, -0.1) is 0 Å². The minimum Gasteiger partial charge on any atom is -0.384 e. The first-order chi connectivity index (χ1) is 16.3. The van der Waals surface area contributed by atoms with E-state index < -0.39 is 9.84 Å². The molecule has 0 radical (unpaired) electrons. The van der Waals surface area contributed by atoms with Crippen LogP contribution in [0.25, 0.3) is 5.65 Å². The number of sulfone groups is 1. The van der Waals surface area contributed by atoms with Gasteiger partial charge in [-0.2, -0.15) is 14.9 Å². The lowest BCUT2D eigenvalue weighted by Crippen LogP contribution is -2.06. The molecule has 11 heteroatoms. The van der Waals surface area contributed by atoms with Gasteiger partial charge >= 0.3 is 0 Å². The Morgan fingerprint density at radius 2 is 1.94 bits per heavy atom. The van der Waals surface area contributed by atoms with Crippen molar-refractivity contribution >= 4 is 44.3 Å². The molecule has 1 fully saturated rings. The van der Waals surface area contributed by atoms with E-state index in [0.29, 0.717) is 46.0 Å². The van der Waals surface area contributed by atoms with E-state index in [1.165, 1.54) is 17.0 Å². The maximum Gasteiger partial charge on any atom is 0.177 e. The fourth-order valence-corrected chi connectivity index (χ4v) is 4.67. The molecular weight excluding hydrogens is 452 g/mol. The van der Waals surface area contributed by atoms with Crippen molar-refractivity contribution in [3.8, 4) is 6.07 Å². The summed E-state index contributed by atoms with van der Waals surface area (Å²) in [6.45, 7) is 0. The smallest absolute Gasteiger partial charge is 0.177 e. The van der Waals surface area contributed by atoms with Gasteiger partial charge in [-0.1, -0.05) is 6.07 Å². The zero-order chi connectivity index (χ0) is 23.9. The number of hydrogen-bond acceptors (Lipinski definition) is 9. The van der Waals surface area contributed by atoms with Crippen molar-refractivity contribution < 1.29 is 8.42 Å². The molecule has 10 nitrogen and oxygen atoms in total. The summed E-state index contributed by atoms with van der Waals surface area (Å²) in [7, 11) is -3.19. The van der Waals surface area contributed by atoms with Crippen LogP contribution < -0.4 is 16.4 Å². The number of hydrogen-bond donors (Lipinski definition) is 3. The van der Waals surface area contributed by atoms with Crippen molar-refractivity contribution in [3.05, 3.63) is 65.5 Å². The number of fused-ring (bicyclic) bond motifs is 1. The summed E-state index contributed by atoms with van der Waals surface area (Å²) >= 11 is 0. The second-order valence-corrected chi connectivity index (χ2v) is 10.6. The highest BCUT2D eigenvalue weighted by molar-refractivity contribution is 7.89. The maximum atomic E-state index is 12.0. The first-order valence-corrected chi connectivity index (χ1v) is 12.7. The molecule has 0 unspecified atom stereocenters. The van der Waals surface area contributed by atoms with Gasteiger partial charge in [0.15, 0.2) is 15.5 Å². The van der Waals surface area contributed by atoms with Gasteiger partial charge in [0.25, 0.3) is 0 Å². The summed E-state index contributed by atoms with van der Waals surface area (Å²) in [6.07, 6.45) is 6.45. The third-order valence-corrected chi connectivity index (χ3v) is 6.34. The molecule has 172 valence electrons. The van der Waals surface area contributed by atoms with E-state index in [1.807, 2.05) is 18.2 Å².